The lowest BCUT2D eigenvalue weighted by atomic mass is 10.1. The maximum absolute atomic E-state index is 12.4. The van der Waals surface area contributed by atoms with E-state index in [1.165, 1.54) is 24.5 Å². The molecule has 2 rings (SSSR count). The number of hydrogen-bond acceptors (Lipinski definition) is 2. The SMILES string of the molecule is COc1cc2cc(C(F)(F)F)ccc2s1. The van der Waals surface area contributed by atoms with Gasteiger partial charge in [-0.2, -0.15) is 13.2 Å². The minimum Gasteiger partial charge on any atom is -0.487 e. The summed E-state index contributed by atoms with van der Waals surface area (Å²) in [7, 11) is 1.50. The maximum atomic E-state index is 12.4. The van der Waals surface area contributed by atoms with Crippen molar-refractivity contribution < 1.29 is 17.9 Å². The Morgan fingerprint density at radius 1 is 1.20 bits per heavy atom. The Bertz CT molecular complexity index is 487. The Morgan fingerprint density at radius 3 is 2.53 bits per heavy atom. The van der Waals surface area contributed by atoms with Gasteiger partial charge in [-0.25, -0.2) is 0 Å². The van der Waals surface area contributed by atoms with Crippen molar-refractivity contribution >= 4 is 21.4 Å². The molecule has 2 aromatic rings. The number of thiophene rings is 1. The van der Waals surface area contributed by atoms with E-state index < -0.39 is 11.7 Å². The second-order valence-electron chi connectivity index (χ2n) is 3.02. The topological polar surface area (TPSA) is 9.23 Å². The zero-order valence-corrected chi connectivity index (χ0v) is 8.58. The van der Waals surface area contributed by atoms with Crippen LogP contribution in [0.5, 0.6) is 5.06 Å². The predicted molar refractivity (Wildman–Crippen MR) is 53.4 cm³/mol. The number of alkyl halides is 3. The van der Waals surface area contributed by atoms with Crippen LogP contribution in [0.4, 0.5) is 13.2 Å². The van der Waals surface area contributed by atoms with E-state index in [1.807, 2.05) is 0 Å². The molecule has 1 nitrogen and oxygen atoms in total. The van der Waals surface area contributed by atoms with Crippen molar-refractivity contribution in [2.24, 2.45) is 0 Å². The van der Waals surface area contributed by atoms with E-state index in [9.17, 15) is 13.2 Å². The monoisotopic (exact) mass is 232 g/mol. The van der Waals surface area contributed by atoms with Gasteiger partial charge in [0.05, 0.1) is 12.7 Å². The first kappa shape index (κ1) is 10.3. The molecule has 0 aliphatic heterocycles. The van der Waals surface area contributed by atoms with E-state index in [4.69, 9.17) is 4.74 Å². The molecule has 0 N–H and O–H groups in total. The Morgan fingerprint density at radius 2 is 1.93 bits per heavy atom. The zero-order chi connectivity index (χ0) is 11.1. The number of halogens is 3. The number of hydrogen-bond donors (Lipinski definition) is 0. The Hall–Kier alpha value is -1.23. The third-order valence-electron chi connectivity index (χ3n) is 2.02. The first-order chi connectivity index (χ1) is 7.00. The van der Waals surface area contributed by atoms with Crippen LogP contribution in [0.2, 0.25) is 0 Å². The number of benzene rings is 1. The Labute approximate surface area is 88.1 Å². The molecule has 0 unspecified atom stereocenters. The molecule has 1 heterocycles. The van der Waals surface area contributed by atoms with Crippen molar-refractivity contribution in [3.05, 3.63) is 29.8 Å². The van der Waals surface area contributed by atoms with Gasteiger partial charge in [-0.05, 0) is 29.7 Å². The summed E-state index contributed by atoms with van der Waals surface area (Å²) in [6.45, 7) is 0. The van der Waals surface area contributed by atoms with Crippen LogP contribution in [-0.4, -0.2) is 7.11 Å². The van der Waals surface area contributed by atoms with Gasteiger partial charge in [-0.15, -0.1) is 0 Å². The highest BCUT2D eigenvalue weighted by molar-refractivity contribution is 7.20. The van der Waals surface area contributed by atoms with E-state index in [-0.39, 0.29) is 0 Å². The van der Waals surface area contributed by atoms with Gasteiger partial charge in [0.15, 0.2) is 5.06 Å². The van der Waals surface area contributed by atoms with Crippen LogP contribution in [0.15, 0.2) is 24.3 Å². The molecule has 0 aliphatic rings. The molecule has 0 aliphatic carbocycles. The Balaban J connectivity index is 2.55. The number of methoxy groups -OCH3 is 1. The number of ether oxygens (including phenoxy) is 1. The van der Waals surface area contributed by atoms with Crippen LogP contribution >= 0.6 is 11.3 Å². The lowest BCUT2D eigenvalue weighted by Gasteiger charge is -2.05. The van der Waals surface area contributed by atoms with Crippen molar-refractivity contribution in [1.29, 1.82) is 0 Å². The summed E-state index contributed by atoms with van der Waals surface area (Å²) in [5, 5.41) is 1.18. The lowest BCUT2D eigenvalue weighted by Crippen LogP contribution is -2.03. The maximum Gasteiger partial charge on any atom is 0.416 e. The molecule has 0 amide bonds. The van der Waals surface area contributed by atoms with Crippen LogP contribution < -0.4 is 4.74 Å². The molecular formula is C10H7F3OS. The van der Waals surface area contributed by atoms with E-state index in [2.05, 4.69) is 0 Å². The van der Waals surface area contributed by atoms with Crippen LogP contribution in [0.1, 0.15) is 5.56 Å². The van der Waals surface area contributed by atoms with Crippen molar-refractivity contribution in [2.45, 2.75) is 6.18 Å². The molecule has 1 aromatic carbocycles. The largest absolute Gasteiger partial charge is 0.487 e. The Kier molecular flexibility index (Phi) is 2.34. The predicted octanol–water partition coefficient (Wildman–Crippen LogP) is 3.93. The van der Waals surface area contributed by atoms with Gasteiger partial charge in [-0.3, -0.25) is 0 Å². The van der Waals surface area contributed by atoms with E-state index in [1.54, 1.807) is 6.07 Å². The molecular weight excluding hydrogens is 225 g/mol. The van der Waals surface area contributed by atoms with Crippen LogP contribution in [0, 0.1) is 0 Å². The summed E-state index contributed by atoms with van der Waals surface area (Å²) in [6, 6.07) is 5.28. The van der Waals surface area contributed by atoms with E-state index in [0.29, 0.717) is 10.4 Å². The van der Waals surface area contributed by atoms with E-state index in [0.717, 1.165) is 16.8 Å². The van der Waals surface area contributed by atoms with Gasteiger partial charge in [0.25, 0.3) is 0 Å². The van der Waals surface area contributed by atoms with Crippen LogP contribution in [0.25, 0.3) is 10.1 Å². The molecule has 0 atom stereocenters. The third-order valence-corrected chi connectivity index (χ3v) is 3.10. The molecule has 5 heteroatoms. The minimum atomic E-state index is -4.29. The smallest absolute Gasteiger partial charge is 0.416 e. The fourth-order valence-corrected chi connectivity index (χ4v) is 2.15. The molecule has 0 spiro atoms. The van der Waals surface area contributed by atoms with Crippen molar-refractivity contribution in [1.82, 2.24) is 0 Å². The second-order valence-corrected chi connectivity index (χ2v) is 4.07. The summed E-state index contributed by atoms with van der Waals surface area (Å²) in [6.07, 6.45) is -4.29. The molecule has 0 saturated carbocycles. The van der Waals surface area contributed by atoms with Gasteiger partial charge in [0.2, 0.25) is 0 Å². The van der Waals surface area contributed by atoms with Gasteiger partial charge in [-0.1, -0.05) is 11.3 Å². The highest BCUT2D eigenvalue weighted by Crippen LogP contribution is 2.36. The zero-order valence-electron chi connectivity index (χ0n) is 7.76. The quantitative estimate of drug-likeness (QED) is 0.723. The number of rotatable bonds is 1. The summed E-state index contributed by atoms with van der Waals surface area (Å²) < 4.78 is 42.9. The fourth-order valence-electron chi connectivity index (χ4n) is 1.30. The standard InChI is InChI=1S/C10H7F3OS/c1-14-9-5-6-4-7(10(11,12)13)2-3-8(6)15-9/h2-5H,1H3. The third kappa shape index (κ3) is 1.92. The summed E-state index contributed by atoms with van der Waals surface area (Å²) in [4.78, 5) is 0. The number of fused-ring (bicyclic) bond motifs is 1. The summed E-state index contributed by atoms with van der Waals surface area (Å²) in [5.74, 6) is 0. The molecule has 80 valence electrons. The first-order valence-corrected chi connectivity index (χ1v) is 4.97. The minimum absolute atomic E-state index is 0.562. The van der Waals surface area contributed by atoms with Crippen LogP contribution in [0.3, 0.4) is 0 Å². The molecule has 0 fully saturated rings. The highest BCUT2D eigenvalue weighted by Gasteiger charge is 2.30. The summed E-state index contributed by atoms with van der Waals surface area (Å²) in [5.41, 5.74) is -0.629. The van der Waals surface area contributed by atoms with Gasteiger partial charge >= 0.3 is 6.18 Å². The average Bonchev–Trinajstić information content (AvgIpc) is 2.57. The second kappa shape index (κ2) is 3.41. The van der Waals surface area contributed by atoms with Crippen LogP contribution in [-0.2, 0) is 6.18 Å². The lowest BCUT2D eigenvalue weighted by molar-refractivity contribution is -0.137. The first-order valence-electron chi connectivity index (χ1n) is 4.15. The van der Waals surface area contributed by atoms with Gasteiger partial charge in [0.1, 0.15) is 0 Å². The van der Waals surface area contributed by atoms with Crippen molar-refractivity contribution in [3.63, 3.8) is 0 Å². The summed E-state index contributed by atoms with van der Waals surface area (Å²) >= 11 is 1.33. The highest BCUT2D eigenvalue weighted by atomic mass is 32.1. The molecule has 0 saturated heterocycles. The van der Waals surface area contributed by atoms with Crippen molar-refractivity contribution in [3.8, 4) is 5.06 Å². The van der Waals surface area contributed by atoms with Gasteiger partial charge in [0, 0.05) is 4.70 Å². The fraction of sp³-hybridized carbons (Fsp3) is 0.200. The molecule has 15 heavy (non-hydrogen) atoms. The van der Waals surface area contributed by atoms with Gasteiger partial charge < -0.3 is 4.74 Å². The molecule has 1 aromatic heterocycles. The molecule has 0 radical (unpaired) electrons. The average molecular weight is 232 g/mol. The van der Waals surface area contributed by atoms with E-state index >= 15 is 0 Å². The molecule has 0 bridgehead atoms. The normalized spacial score (nSPS) is 12.0. The van der Waals surface area contributed by atoms with Crippen molar-refractivity contribution in [2.75, 3.05) is 7.11 Å².